The fourth-order valence-corrected chi connectivity index (χ4v) is 4.17. The summed E-state index contributed by atoms with van der Waals surface area (Å²) in [6.45, 7) is 0.456. The molecule has 2 rings (SSSR count). The van der Waals surface area contributed by atoms with Crippen LogP contribution in [0.25, 0.3) is 0 Å². The zero-order valence-corrected chi connectivity index (χ0v) is 9.86. The quantitative estimate of drug-likeness (QED) is 0.837. The Labute approximate surface area is 95.8 Å². The van der Waals surface area contributed by atoms with Gasteiger partial charge in [-0.15, -0.1) is 0 Å². The van der Waals surface area contributed by atoms with Gasteiger partial charge in [0.2, 0.25) is 0 Å². The molecule has 0 saturated carbocycles. The molecule has 0 radical (unpaired) electrons. The van der Waals surface area contributed by atoms with Crippen molar-refractivity contribution in [3.63, 3.8) is 0 Å². The van der Waals surface area contributed by atoms with E-state index < -0.39 is 9.84 Å². The number of hydrogen-bond acceptors (Lipinski definition) is 4. The van der Waals surface area contributed by atoms with Crippen molar-refractivity contribution >= 4 is 9.84 Å². The molecule has 1 aromatic heterocycles. The summed E-state index contributed by atoms with van der Waals surface area (Å²) in [5, 5.41) is 0. The number of nitrogens with two attached hydrogens (primary N) is 1. The van der Waals surface area contributed by atoms with E-state index in [1.54, 1.807) is 6.20 Å². The Balaban J connectivity index is 2.19. The molecule has 1 aromatic rings. The molecule has 1 fully saturated rings. The van der Waals surface area contributed by atoms with Crippen LogP contribution in [0.2, 0.25) is 0 Å². The molecule has 0 aliphatic carbocycles. The fraction of sp³-hybridized carbons (Fsp3) is 0.545. The molecule has 16 heavy (non-hydrogen) atoms. The minimum atomic E-state index is -2.84. The van der Waals surface area contributed by atoms with E-state index in [1.165, 1.54) is 0 Å². The van der Waals surface area contributed by atoms with Crippen LogP contribution in [0.15, 0.2) is 24.4 Å². The molecule has 1 saturated heterocycles. The van der Waals surface area contributed by atoms with Gasteiger partial charge in [0.05, 0.1) is 11.5 Å². The highest BCUT2D eigenvalue weighted by Gasteiger charge is 2.34. The van der Waals surface area contributed by atoms with E-state index in [9.17, 15) is 8.42 Å². The number of pyridine rings is 1. The lowest BCUT2D eigenvalue weighted by atomic mass is 9.89. The summed E-state index contributed by atoms with van der Waals surface area (Å²) >= 11 is 0. The Kier molecular flexibility index (Phi) is 3.25. The largest absolute Gasteiger partial charge is 0.330 e. The Morgan fingerprint density at radius 2 is 2.31 bits per heavy atom. The van der Waals surface area contributed by atoms with Crippen LogP contribution in [0.3, 0.4) is 0 Å². The Morgan fingerprint density at radius 1 is 1.50 bits per heavy atom. The average molecular weight is 240 g/mol. The summed E-state index contributed by atoms with van der Waals surface area (Å²) in [6.07, 6.45) is 2.43. The van der Waals surface area contributed by atoms with E-state index >= 15 is 0 Å². The monoisotopic (exact) mass is 240 g/mol. The molecule has 0 spiro atoms. The molecule has 4 nitrogen and oxygen atoms in total. The van der Waals surface area contributed by atoms with Crippen LogP contribution >= 0.6 is 0 Å². The molecule has 1 aliphatic rings. The van der Waals surface area contributed by atoms with Gasteiger partial charge in [-0.05, 0) is 24.5 Å². The van der Waals surface area contributed by atoms with Gasteiger partial charge in [-0.25, -0.2) is 8.42 Å². The van der Waals surface area contributed by atoms with E-state index in [4.69, 9.17) is 5.73 Å². The molecule has 2 unspecified atom stereocenters. The third-order valence-electron chi connectivity index (χ3n) is 3.16. The van der Waals surface area contributed by atoms with Crippen molar-refractivity contribution < 1.29 is 8.42 Å². The smallest absolute Gasteiger partial charge is 0.150 e. The Morgan fingerprint density at radius 3 is 2.81 bits per heavy atom. The van der Waals surface area contributed by atoms with Crippen molar-refractivity contribution in [2.24, 2.45) is 11.7 Å². The average Bonchev–Trinajstić information content (AvgIpc) is 2.62. The first-order valence-corrected chi connectivity index (χ1v) is 7.26. The van der Waals surface area contributed by atoms with Crippen molar-refractivity contribution in [3.05, 3.63) is 30.1 Å². The summed E-state index contributed by atoms with van der Waals surface area (Å²) < 4.78 is 22.9. The van der Waals surface area contributed by atoms with E-state index in [1.807, 2.05) is 18.2 Å². The normalized spacial score (nSPS) is 25.4. The first kappa shape index (κ1) is 11.5. The second-order valence-corrected chi connectivity index (χ2v) is 6.49. The van der Waals surface area contributed by atoms with Gasteiger partial charge in [0.15, 0.2) is 9.84 Å². The van der Waals surface area contributed by atoms with Crippen molar-refractivity contribution in [1.82, 2.24) is 4.98 Å². The van der Waals surface area contributed by atoms with Gasteiger partial charge in [-0.3, -0.25) is 4.98 Å². The summed E-state index contributed by atoms with van der Waals surface area (Å²) in [4.78, 5) is 4.27. The first-order chi connectivity index (χ1) is 7.62. The van der Waals surface area contributed by atoms with Crippen molar-refractivity contribution in [1.29, 1.82) is 0 Å². The molecule has 0 amide bonds. The lowest BCUT2D eigenvalue weighted by Gasteiger charge is -2.19. The van der Waals surface area contributed by atoms with Gasteiger partial charge in [-0.2, -0.15) is 0 Å². The van der Waals surface area contributed by atoms with E-state index in [2.05, 4.69) is 4.98 Å². The summed E-state index contributed by atoms with van der Waals surface area (Å²) in [6, 6.07) is 5.68. The molecule has 5 heteroatoms. The summed E-state index contributed by atoms with van der Waals surface area (Å²) in [7, 11) is -2.84. The van der Waals surface area contributed by atoms with Gasteiger partial charge in [0.25, 0.3) is 0 Å². The van der Waals surface area contributed by atoms with Crippen LogP contribution in [-0.4, -0.2) is 31.5 Å². The molecular formula is C11H16N2O2S. The lowest BCUT2D eigenvalue weighted by molar-refractivity contribution is 0.465. The molecule has 1 aliphatic heterocycles. The fourth-order valence-electron chi connectivity index (χ4n) is 2.29. The minimum absolute atomic E-state index is 0.0680. The number of rotatable bonds is 3. The number of sulfone groups is 1. The third-order valence-corrected chi connectivity index (χ3v) is 4.95. The van der Waals surface area contributed by atoms with Crippen molar-refractivity contribution in [3.8, 4) is 0 Å². The molecule has 0 aromatic carbocycles. The van der Waals surface area contributed by atoms with E-state index in [0.29, 0.717) is 18.7 Å². The molecule has 2 heterocycles. The highest BCUT2D eigenvalue weighted by atomic mass is 32.2. The van der Waals surface area contributed by atoms with Crippen LogP contribution < -0.4 is 5.73 Å². The van der Waals surface area contributed by atoms with Crippen molar-refractivity contribution in [2.75, 3.05) is 18.1 Å². The van der Waals surface area contributed by atoms with Crippen LogP contribution in [0.1, 0.15) is 18.0 Å². The standard InChI is InChI=1S/C11H16N2O2S/c12-7-10(11-3-1-2-5-13-11)9-4-6-16(14,15)8-9/h1-3,5,9-10H,4,6-8,12H2. The Bertz CT molecular complexity index is 444. The second kappa shape index (κ2) is 4.51. The van der Waals surface area contributed by atoms with Crippen LogP contribution in [0, 0.1) is 5.92 Å². The summed E-state index contributed by atoms with van der Waals surface area (Å²) in [5.41, 5.74) is 6.65. The first-order valence-electron chi connectivity index (χ1n) is 5.44. The van der Waals surface area contributed by atoms with Gasteiger partial charge in [0.1, 0.15) is 0 Å². The third kappa shape index (κ3) is 2.41. The maximum atomic E-state index is 11.4. The SMILES string of the molecule is NCC(c1ccccn1)C1CCS(=O)(=O)C1. The number of nitrogens with zero attached hydrogens (tertiary/aromatic N) is 1. The zero-order chi connectivity index (χ0) is 11.6. The molecule has 88 valence electrons. The summed E-state index contributed by atoms with van der Waals surface area (Å²) in [5.74, 6) is 0.746. The molecule has 2 N–H and O–H groups in total. The van der Waals surface area contributed by atoms with E-state index in [-0.39, 0.29) is 17.6 Å². The molecule has 0 bridgehead atoms. The van der Waals surface area contributed by atoms with Crippen molar-refractivity contribution in [2.45, 2.75) is 12.3 Å². The van der Waals surface area contributed by atoms with Crippen LogP contribution in [-0.2, 0) is 9.84 Å². The van der Waals surface area contributed by atoms with Gasteiger partial charge < -0.3 is 5.73 Å². The van der Waals surface area contributed by atoms with E-state index in [0.717, 1.165) is 5.69 Å². The maximum absolute atomic E-state index is 11.4. The van der Waals surface area contributed by atoms with Crippen LogP contribution in [0.5, 0.6) is 0 Å². The number of hydrogen-bond donors (Lipinski definition) is 1. The zero-order valence-electron chi connectivity index (χ0n) is 9.04. The predicted octanol–water partition coefficient (Wildman–Crippen LogP) is 0.559. The predicted molar refractivity (Wildman–Crippen MR) is 62.8 cm³/mol. The maximum Gasteiger partial charge on any atom is 0.150 e. The number of aromatic nitrogens is 1. The highest BCUT2D eigenvalue weighted by Crippen LogP contribution is 2.31. The minimum Gasteiger partial charge on any atom is -0.330 e. The topological polar surface area (TPSA) is 73.0 Å². The van der Waals surface area contributed by atoms with Gasteiger partial charge in [0, 0.05) is 24.4 Å². The highest BCUT2D eigenvalue weighted by molar-refractivity contribution is 7.91. The van der Waals surface area contributed by atoms with Crippen LogP contribution in [0.4, 0.5) is 0 Å². The second-order valence-electron chi connectivity index (χ2n) is 4.26. The molecule has 2 atom stereocenters. The Hall–Kier alpha value is -0.940. The van der Waals surface area contributed by atoms with Gasteiger partial charge >= 0.3 is 0 Å². The molecular weight excluding hydrogens is 224 g/mol. The lowest BCUT2D eigenvalue weighted by Crippen LogP contribution is -2.23. The van der Waals surface area contributed by atoms with Gasteiger partial charge in [-0.1, -0.05) is 6.07 Å².